The summed E-state index contributed by atoms with van der Waals surface area (Å²) in [6, 6.07) is 17.9. The van der Waals surface area contributed by atoms with Crippen molar-refractivity contribution in [2.24, 2.45) is 0 Å². The Bertz CT molecular complexity index is 1120. The maximum absolute atomic E-state index is 12.9. The Labute approximate surface area is 173 Å². The van der Waals surface area contributed by atoms with Gasteiger partial charge in [0.2, 0.25) is 0 Å². The first-order valence-corrected chi connectivity index (χ1v) is 9.09. The highest BCUT2D eigenvalue weighted by molar-refractivity contribution is 6.13. The third kappa shape index (κ3) is 4.47. The molecule has 0 aliphatic heterocycles. The second-order valence-corrected chi connectivity index (χ2v) is 6.47. The molecule has 3 aromatic rings. The molecule has 0 radical (unpaired) electrons. The van der Waals surface area contributed by atoms with Crippen LogP contribution in [0.25, 0.3) is 0 Å². The minimum atomic E-state index is -1.07. The molecule has 152 valence electrons. The zero-order chi connectivity index (χ0) is 21.7. The van der Waals surface area contributed by atoms with Crippen molar-refractivity contribution in [1.82, 2.24) is 0 Å². The van der Waals surface area contributed by atoms with E-state index < -0.39 is 17.8 Å². The van der Waals surface area contributed by atoms with Gasteiger partial charge in [-0.25, -0.2) is 4.79 Å². The lowest BCUT2D eigenvalue weighted by Crippen LogP contribution is -2.19. The van der Waals surface area contributed by atoms with Crippen LogP contribution in [0.4, 0.5) is 11.4 Å². The molecule has 3 N–H and O–H groups in total. The first kappa shape index (κ1) is 20.6. The average Bonchev–Trinajstić information content (AvgIpc) is 2.75. The fourth-order valence-corrected chi connectivity index (χ4v) is 2.94. The van der Waals surface area contributed by atoms with Crippen LogP contribution in [-0.2, 0) is 0 Å². The van der Waals surface area contributed by atoms with Crippen LogP contribution in [0.2, 0.25) is 0 Å². The molecule has 3 rings (SSSR count). The van der Waals surface area contributed by atoms with Crippen LogP contribution in [-0.4, -0.2) is 30.0 Å². The molecule has 0 unspecified atom stereocenters. The van der Waals surface area contributed by atoms with Crippen LogP contribution in [0, 0.1) is 6.92 Å². The van der Waals surface area contributed by atoms with Crippen molar-refractivity contribution < 1.29 is 24.2 Å². The smallest absolute Gasteiger partial charge is 0.336 e. The highest BCUT2D eigenvalue weighted by atomic mass is 16.5. The van der Waals surface area contributed by atoms with E-state index in [1.54, 1.807) is 67.6 Å². The molecule has 30 heavy (non-hydrogen) atoms. The van der Waals surface area contributed by atoms with Gasteiger partial charge in [0.05, 0.1) is 23.9 Å². The zero-order valence-electron chi connectivity index (χ0n) is 16.4. The zero-order valence-corrected chi connectivity index (χ0v) is 16.4. The van der Waals surface area contributed by atoms with E-state index in [2.05, 4.69) is 10.6 Å². The molecule has 0 fully saturated rings. The van der Waals surface area contributed by atoms with Crippen molar-refractivity contribution in [1.29, 1.82) is 0 Å². The maximum Gasteiger partial charge on any atom is 0.336 e. The minimum absolute atomic E-state index is 0.104. The Morgan fingerprint density at radius 3 is 2.17 bits per heavy atom. The summed E-state index contributed by atoms with van der Waals surface area (Å²) < 4.78 is 5.14. The predicted molar refractivity (Wildman–Crippen MR) is 113 cm³/mol. The number of carboxylic acid groups (broad SMARTS) is 1. The van der Waals surface area contributed by atoms with E-state index in [0.717, 1.165) is 0 Å². The molecular weight excluding hydrogens is 384 g/mol. The van der Waals surface area contributed by atoms with Gasteiger partial charge in [0.15, 0.2) is 0 Å². The number of ether oxygens (including phenoxy) is 1. The number of anilines is 2. The summed E-state index contributed by atoms with van der Waals surface area (Å²) in [5.74, 6) is -1.39. The molecule has 0 atom stereocenters. The third-order valence-electron chi connectivity index (χ3n) is 4.56. The van der Waals surface area contributed by atoms with Crippen LogP contribution in [0.3, 0.4) is 0 Å². The van der Waals surface area contributed by atoms with E-state index in [9.17, 15) is 19.5 Å². The monoisotopic (exact) mass is 404 g/mol. The van der Waals surface area contributed by atoms with E-state index in [1.165, 1.54) is 13.2 Å². The first-order valence-electron chi connectivity index (χ1n) is 9.09. The van der Waals surface area contributed by atoms with E-state index in [1.807, 2.05) is 0 Å². The number of rotatable bonds is 6. The summed E-state index contributed by atoms with van der Waals surface area (Å²) in [6.07, 6.45) is 0. The summed E-state index contributed by atoms with van der Waals surface area (Å²) in [4.78, 5) is 36.8. The molecule has 0 saturated heterocycles. The second kappa shape index (κ2) is 8.91. The molecule has 7 heteroatoms. The highest BCUT2D eigenvalue weighted by Crippen LogP contribution is 2.23. The number of benzene rings is 3. The van der Waals surface area contributed by atoms with Crippen LogP contribution in [0.1, 0.15) is 36.6 Å². The van der Waals surface area contributed by atoms with Gasteiger partial charge in [-0.2, -0.15) is 0 Å². The van der Waals surface area contributed by atoms with Gasteiger partial charge in [0.25, 0.3) is 11.8 Å². The number of amides is 2. The van der Waals surface area contributed by atoms with E-state index in [-0.39, 0.29) is 11.1 Å². The molecule has 0 aliphatic rings. The molecular formula is C23H20N2O5. The van der Waals surface area contributed by atoms with Crippen LogP contribution >= 0.6 is 0 Å². The number of carbonyl (C=O) groups excluding carboxylic acids is 2. The fraction of sp³-hybridized carbons (Fsp3) is 0.0870. The number of methoxy groups -OCH3 is 1. The second-order valence-electron chi connectivity index (χ2n) is 6.47. The first-order chi connectivity index (χ1) is 14.4. The summed E-state index contributed by atoms with van der Waals surface area (Å²) in [7, 11) is 1.51. The summed E-state index contributed by atoms with van der Waals surface area (Å²) in [5.41, 5.74) is 1.88. The standard InChI is InChI=1S/C23H20N2O5/c1-14-17(23(28)29)10-6-12-19(14)24-22(27)18-9-3-4-11-20(18)25-21(26)15-7-5-8-16(13-15)30-2/h3-13H,1-2H3,(H,24,27)(H,25,26)(H,28,29). The number of nitrogens with one attached hydrogen (secondary N) is 2. The lowest BCUT2D eigenvalue weighted by atomic mass is 10.1. The topological polar surface area (TPSA) is 105 Å². The van der Waals surface area contributed by atoms with E-state index in [4.69, 9.17) is 4.74 Å². The van der Waals surface area contributed by atoms with Gasteiger partial charge in [-0.15, -0.1) is 0 Å². The molecule has 0 bridgehead atoms. The summed E-state index contributed by atoms with van der Waals surface area (Å²) in [6.45, 7) is 1.62. The van der Waals surface area contributed by atoms with E-state index in [0.29, 0.717) is 28.3 Å². The molecule has 7 nitrogen and oxygen atoms in total. The van der Waals surface area contributed by atoms with Crippen molar-refractivity contribution in [2.75, 3.05) is 17.7 Å². The Hall–Kier alpha value is -4.13. The molecule has 0 heterocycles. The van der Waals surface area contributed by atoms with Crippen LogP contribution in [0.15, 0.2) is 66.7 Å². The van der Waals surface area contributed by atoms with Crippen molar-refractivity contribution in [3.63, 3.8) is 0 Å². The van der Waals surface area contributed by atoms with Crippen LogP contribution in [0.5, 0.6) is 5.75 Å². The van der Waals surface area contributed by atoms with Gasteiger partial charge in [-0.05, 0) is 55.0 Å². The summed E-state index contributed by atoms with van der Waals surface area (Å²) in [5, 5.41) is 14.7. The van der Waals surface area contributed by atoms with Gasteiger partial charge >= 0.3 is 5.97 Å². The lowest BCUT2D eigenvalue weighted by molar-refractivity contribution is 0.0695. The molecule has 0 spiro atoms. The Morgan fingerprint density at radius 1 is 0.800 bits per heavy atom. The van der Waals surface area contributed by atoms with Crippen molar-refractivity contribution >= 4 is 29.2 Å². The number of carbonyl (C=O) groups is 3. The van der Waals surface area contributed by atoms with Gasteiger partial charge < -0.3 is 20.5 Å². The fourth-order valence-electron chi connectivity index (χ4n) is 2.94. The minimum Gasteiger partial charge on any atom is -0.497 e. The Kier molecular flexibility index (Phi) is 6.12. The van der Waals surface area contributed by atoms with Crippen molar-refractivity contribution in [3.05, 3.63) is 89.0 Å². The van der Waals surface area contributed by atoms with Crippen molar-refractivity contribution in [2.45, 2.75) is 6.92 Å². The normalized spacial score (nSPS) is 10.2. The third-order valence-corrected chi connectivity index (χ3v) is 4.56. The van der Waals surface area contributed by atoms with Gasteiger partial charge in [-0.1, -0.05) is 24.3 Å². The van der Waals surface area contributed by atoms with E-state index >= 15 is 0 Å². The predicted octanol–water partition coefficient (Wildman–Crippen LogP) is 4.21. The lowest BCUT2D eigenvalue weighted by Gasteiger charge is -2.14. The summed E-state index contributed by atoms with van der Waals surface area (Å²) >= 11 is 0. The van der Waals surface area contributed by atoms with Crippen molar-refractivity contribution in [3.8, 4) is 5.75 Å². The number of hydrogen-bond acceptors (Lipinski definition) is 4. The molecule has 3 aromatic carbocycles. The SMILES string of the molecule is COc1cccc(C(=O)Nc2ccccc2C(=O)Nc2cccc(C(=O)O)c2C)c1. The quantitative estimate of drug-likeness (QED) is 0.571. The number of aromatic carboxylic acids is 1. The number of para-hydroxylation sites is 1. The number of carboxylic acids is 1. The van der Waals surface area contributed by atoms with Gasteiger partial charge in [0, 0.05) is 11.3 Å². The number of hydrogen-bond donors (Lipinski definition) is 3. The van der Waals surface area contributed by atoms with Crippen LogP contribution < -0.4 is 15.4 Å². The van der Waals surface area contributed by atoms with Gasteiger partial charge in [0.1, 0.15) is 5.75 Å². The highest BCUT2D eigenvalue weighted by Gasteiger charge is 2.17. The molecule has 2 amide bonds. The molecule has 0 aromatic heterocycles. The Balaban J connectivity index is 1.84. The average molecular weight is 404 g/mol. The largest absolute Gasteiger partial charge is 0.497 e. The Morgan fingerprint density at radius 2 is 1.43 bits per heavy atom. The molecule has 0 saturated carbocycles. The molecule has 0 aliphatic carbocycles. The van der Waals surface area contributed by atoms with Gasteiger partial charge in [-0.3, -0.25) is 9.59 Å². The maximum atomic E-state index is 12.9.